The van der Waals surface area contributed by atoms with Crippen LogP contribution in [0.4, 0.5) is 5.69 Å². The molecule has 2 rings (SSSR count). The lowest BCUT2D eigenvalue weighted by atomic mass is 10.0. The molecule has 1 aromatic rings. The van der Waals surface area contributed by atoms with Gasteiger partial charge in [-0.1, -0.05) is 25.1 Å². The highest BCUT2D eigenvalue weighted by molar-refractivity contribution is 5.46. The van der Waals surface area contributed by atoms with Crippen molar-refractivity contribution in [2.24, 2.45) is 0 Å². The molecule has 1 aromatic carbocycles. The first-order valence-corrected chi connectivity index (χ1v) is 6.31. The Hall–Kier alpha value is -1.02. The molecule has 0 amide bonds. The molecule has 0 N–H and O–H groups in total. The highest BCUT2D eigenvalue weighted by Gasteiger charge is 2.21. The second-order valence-electron chi connectivity index (χ2n) is 4.61. The van der Waals surface area contributed by atoms with Crippen LogP contribution in [-0.4, -0.2) is 37.6 Å². The van der Waals surface area contributed by atoms with Gasteiger partial charge >= 0.3 is 0 Å². The summed E-state index contributed by atoms with van der Waals surface area (Å²) in [6.45, 7) is 5.94. The van der Waals surface area contributed by atoms with Gasteiger partial charge in [0, 0.05) is 31.9 Å². The Morgan fingerprint density at radius 1 is 1.19 bits per heavy atom. The maximum Gasteiger partial charge on any atom is 0.0366 e. The van der Waals surface area contributed by atoms with Gasteiger partial charge < -0.3 is 9.80 Å². The summed E-state index contributed by atoms with van der Waals surface area (Å²) < 4.78 is 0. The Kier molecular flexibility index (Phi) is 3.83. The zero-order valence-corrected chi connectivity index (χ0v) is 10.4. The van der Waals surface area contributed by atoms with Crippen molar-refractivity contribution in [3.8, 4) is 0 Å². The number of benzene rings is 1. The van der Waals surface area contributed by atoms with E-state index in [-0.39, 0.29) is 0 Å². The molecule has 0 unspecified atom stereocenters. The fourth-order valence-corrected chi connectivity index (χ4v) is 2.50. The normalized spacial score (nSPS) is 18.6. The van der Waals surface area contributed by atoms with E-state index in [2.05, 4.69) is 54.1 Å². The van der Waals surface area contributed by atoms with Crippen LogP contribution in [0.1, 0.15) is 19.8 Å². The molecule has 1 fully saturated rings. The van der Waals surface area contributed by atoms with E-state index in [1.54, 1.807) is 0 Å². The van der Waals surface area contributed by atoms with E-state index >= 15 is 0 Å². The fourth-order valence-electron chi connectivity index (χ4n) is 2.50. The minimum Gasteiger partial charge on any atom is -0.372 e. The Bertz CT molecular complexity index is 302. The fraction of sp³-hybridized carbons (Fsp3) is 0.571. The molecule has 1 heterocycles. The van der Waals surface area contributed by atoms with Gasteiger partial charge in [0.25, 0.3) is 0 Å². The Balaban J connectivity index is 1.94. The Morgan fingerprint density at radius 2 is 1.81 bits per heavy atom. The van der Waals surface area contributed by atoms with Crippen LogP contribution in [0.5, 0.6) is 0 Å². The second kappa shape index (κ2) is 5.35. The number of nitrogens with zero attached hydrogens (tertiary/aromatic N) is 2. The summed E-state index contributed by atoms with van der Waals surface area (Å²) in [5.74, 6) is 0. The Morgan fingerprint density at radius 3 is 2.38 bits per heavy atom. The van der Waals surface area contributed by atoms with Crippen molar-refractivity contribution in [3.63, 3.8) is 0 Å². The van der Waals surface area contributed by atoms with Crippen LogP contribution < -0.4 is 4.90 Å². The first kappa shape index (κ1) is 11.5. The summed E-state index contributed by atoms with van der Waals surface area (Å²) in [6, 6.07) is 11.4. The average Bonchev–Trinajstić information content (AvgIpc) is 2.39. The van der Waals surface area contributed by atoms with Crippen molar-refractivity contribution in [1.29, 1.82) is 0 Å². The van der Waals surface area contributed by atoms with Gasteiger partial charge in [0.15, 0.2) is 0 Å². The molecule has 16 heavy (non-hydrogen) atoms. The van der Waals surface area contributed by atoms with E-state index in [1.165, 1.54) is 38.2 Å². The number of likely N-dealkylation sites (tertiary alicyclic amines) is 1. The third-order valence-corrected chi connectivity index (χ3v) is 3.72. The first-order chi connectivity index (χ1) is 7.81. The minimum atomic E-state index is 0.713. The molecule has 1 saturated heterocycles. The van der Waals surface area contributed by atoms with Crippen LogP contribution in [0.2, 0.25) is 0 Å². The molecular formula is C14H22N2. The standard InChI is InChI=1S/C14H22N2/c1-3-16-11-9-14(10-12-16)15(2)13-7-5-4-6-8-13/h4-8,14H,3,9-12H2,1-2H3. The van der Waals surface area contributed by atoms with Crippen LogP contribution in [-0.2, 0) is 0 Å². The van der Waals surface area contributed by atoms with E-state index < -0.39 is 0 Å². The van der Waals surface area contributed by atoms with E-state index in [0.717, 1.165) is 0 Å². The van der Waals surface area contributed by atoms with Gasteiger partial charge in [-0.15, -0.1) is 0 Å². The van der Waals surface area contributed by atoms with Crippen molar-refractivity contribution >= 4 is 5.69 Å². The molecule has 88 valence electrons. The van der Waals surface area contributed by atoms with Gasteiger partial charge in [0.1, 0.15) is 0 Å². The third-order valence-electron chi connectivity index (χ3n) is 3.72. The molecule has 0 aromatic heterocycles. The average molecular weight is 218 g/mol. The van der Waals surface area contributed by atoms with E-state index in [1.807, 2.05) is 0 Å². The minimum absolute atomic E-state index is 0.713. The maximum atomic E-state index is 2.54. The summed E-state index contributed by atoms with van der Waals surface area (Å²) in [7, 11) is 2.22. The molecule has 0 atom stereocenters. The highest BCUT2D eigenvalue weighted by atomic mass is 15.2. The van der Waals surface area contributed by atoms with Crippen molar-refractivity contribution in [2.75, 3.05) is 31.6 Å². The second-order valence-corrected chi connectivity index (χ2v) is 4.61. The lowest BCUT2D eigenvalue weighted by Gasteiger charge is -2.37. The Labute approximate surface area is 98.9 Å². The number of hydrogen-bond donors (Lipinski definition) is 0. The highest BCUT2D eigenvalue weighted by Crippen LogP contribution is 2.21. The summed E-state index contributed by atoms with van der Waals surface area (Å²) in [5.41, 5.74) is 1.34. The van der Waals surface area contributed by atoms with Gasteiger partial charge in [-0.25, -0.2) is 0 Å². The number of rotatable bonds is 3. The molecule has 0 aliphatic carbocycles. The van der Waals surface area contributed by atoms with Crippen molar-refractivity contribution in [3.05, 3.63) is 30.3 Å². The number of para-hydroxylation sites is 1. The summed E-state index contributed by atoms with van der Waals surface area (Å²) >= 11 is 0. The van der Waals surface area contributed by atoms with Crippen molar-refractivity contribution in [2.45, 2.75) is 25.8 Å². The predicted molar refractivity (Wildman–Crippen MR) is 70.0 cm³/mol. The molecule has 1 aliphatic heterocycles. The van der Waals surface area contributed by atoms with Crippen LogP contribution >= 0.6 is 0 Å². The molecule has 2 heteroatoms. The van der Waals surface area contributed by atoms with Gasteiger partial charge in [-0.2, -0.15) is 0 Å². The van der Waals surface area contributed by atoms with Crippen molar-refractivity contribution < 1.29 is 0 Å². The molecule has 0 saturated carbocycles. The summed E-state index contributed by atoms with van der Waals surface area (Å²) in [4.78, 5) is 4.97. The molecule has 1 aliphatic rings. The summed E-state index contributed by atoms with van der Waals surface area (Å²) in [6.07, 6.45) is 2.58. The molecular weight excluding hydrogens is 196 g/mol. The zero-order chi connectivity index (χ0) is 11.4. The van der Waals surface area contributed by atoms with Gasteiger partial charge in [-0.3, -0.25) is 0 Å². The zero-order valence-electron chi connectivity index (χ0n) is 10.4. The smallest absolute Gasteiger partial charge is 0.0366 e. The van der Waals surface area contributed by atoms with E-state index in [0.29, 0.717) is 6.04 Å². The first-order valence-electron chi connectivity index (χ1n) is 6.31. The number of hydrogen-bond acceptors (Lipinski definition) is 2. The third kappa shape index (κ3) is 2.56. The molecule has 2 nitrogen and oxygen atoms in total. The maximum absolute atomic E-state index is 2.54. The quantitative estimate of drug-likeness (QED) is 0.769. The van der Waals surface area contributed by atoms with Crippen LogP contribution in [0.15, 0.2) is 30.3 Å². The number of anilines is 1. The number of piperidine rings is 1. The SMILES string of the molecule is CCN1CCC(N(C)c2ccccc2)CC1. The monoisotopic (exact) mass is 218 g/mol. The van der Waals surface area contributed by atoms with Crippen molar-refractivity contribution in [1.82, 2.24) is 4.90 Å². The summed E-state index contributed by atoms with van der Waals surface area (Å²) in [5, 5.41) is 0. The van der Waals surface area contributed by atoms with Crippen LogP contribution in [0.3, 0.4) is 0 Å². The lowest BCUT2D eigenvalue weighted by Crippen LogP contribution is -2.43. The molecule has 0 bridgehead atoms. The van der Waals surface area contributed by atoms with E-state index in [4.69, 9.17) is 0 Å². The van der Waals surface area contributed by atoms with Gasteiger partial charge in [-0.05, 0) is 31.5 Å². The predicted octanol–water partition coefficient (Wildman–Crippen LogP) is 2.61. The van der Waals surface area contributed by atoms with Gasteiger partial charge in [0.2, 0.25) is 0 Å². The molecule has 0 radical (unpaired) electrons. The lowest BCUT2D eigenvalue weighted by molar-refractivity contribution is 0.221. The van der Waals surface area contributed by atoms with Crippen LogP contribution in [0, 0.1) is 0 Å². The van der Waals surface area contributed by atoms with Crippen LogP contribution in [0.25, 0.3) is 0 Å². The molecule has 0 spiro atoms. The largest absolute Gasteiger partial charge is 0.372 e. The van der Waals surface area contributed by atoms with Gasteiger partial charge in [0.05, 0.1) is 0 Å². The topological polar surface area (TPSA) is 6.48 Å². The van der Waals surface area contributed by atoms with E-state index in [9.17, 15) is 0 Å².